The van der Waals surface area contributed by atoms with Crippen LogP contribution in [0.1, 0.15) is 48.0 Å². The quantitative estimate of drug-likeness (QED) is 0.744. The topological polar surface area (TPSA) is 55.1 Å². The van der Waals surface area contributed by atoms with Crippen molar-refractivity contribution in [1.29, 1.82) is 0 Å². The van der Waals surface area contributed by atoms with Gasteiger partial charge in [0.25, 0.3) is 5.91 Å². The summed E-state index contributed by atoms with van der Waals surface area (Å²) in [7, 11) is 0. The lowest BCUT2D eigenvalue weighted by Gasteiger charge is -2.22. The number of aryl methyl sites for hydroxylation is 1. The molecule has 0 spiro atoms. The summed E-state index contributed by atoms with van der Waals surface area (Å²) in [4.78, 5) is 17.0. The standard InChI is InChI=1S/C21H22N2O2/c1-14-13-22-19(18-11-12-25-20(14)18)15-7-9-16(10-8-15)21(24)23-17-5-3-2-4-6-17/h7-13,17H,2-6H2,1H3,(H,23,24). The lowest BCUT2D eigenvalue weighted by molar-refractivity contribution is 0.0927. The highest BCUT2D eigenvalue weighted by molar-refractivity contribution is 5.96. The number of fused-ring (bicyclic) bond motifs is 1. The Morgan fingerprint density at radius 1 is 1.12 bits per heavy atom. The van der Waals surface area contributed by atoms with Crippen LogP contribution in [-0.4, -0.2) is 16.9 Å². The van der Waals surface area contributed by atoms with Gasteiger partial charge in [0, 0.05) is 34.3 Å². The Bertz CT molecular complexity index is 890. The van der Waals surface area contributed by atoms with Crippen LogP contribution in [0.2, 0.25) is 0 Å². The molecule has 128 valence electrons. The molecular formula is C21H22N2O2. The number of hydrogen-bond acceptors (Lipinski definition) is 3. The number of pyridine rings is 1. The fourth-order valence-corrected chi connectivity index (χ4v) is 3.62. The predicted octanol–water partition coefficient (Wildman–Crippen LogP) is 4.87. The third-order valence-electron chi connectivity index (χ3n) is 5.03. The molecule has 4 rings (SSSR count). The van der Waals surface area contributed by atoms with Crippen LogP contribution < -0.4 is 5.32 Å². The largest absolute Gasteiger partial charge is 0.464 e. The van der Waals surface area contributed by atoms with Gasteiger partial charge in [0.2, 0.25) is 0 Å². The second kappa shape index (κ2) is 6.71. The van der Waals surface area contributed by atoms with Crippen molar-refractivity contribution in [2.75, 3.05) is 0 Å². The second-order valence-corrected chi connectivity index (χ2v) is 6.84. The van der Waals surface area contributed by atoms with Crippen LogP contribution in [0, 0.1) is 6.92 Å². The van der Waals surface area contributed by atoms with E-state index >= 15 is 0 Å². The fraction of sp³-hybridized carbons (Fsp3) is 0.333. The zero-order chi connectivity index (χ0) is 17.2. The number of nitrogens with one attached hydrogen (secondary N) is 1. The van der Waals surface area contributed by atoms with Gasteiger partial charge in [-0.3, -0.25) is 9.78 Å². The first kappa shape index (κ1) is 15.9. The highest BCUT2D eigenvalue weighted by Crippen LogP contribution is 2.29. The molecule has 1 fully saturated rings. The van der Waals surface area contributed by atoms with Crippen molar-refractivity contribution in [3.05, 3.63) is 53.9 Å². The van der Waals surface area contributed by atoms with Crippen LogP contribution in [0.25, 0.3) is 22.2 Å². The van der Waals surface area contributed by atoms with E-state index in [0.717, 1.165) is 40.6 Å². The molecule has 0 radical (unpaired) electrons. The van der Waals surface area contributed by atoms with Crippen LogP contribution in [0.4, 0.5) is 0 Å². The maximum Gasteiger partial charge on any atom is 0.251 e. The van der Waals surface area contributed by atoms with Crippen molar-refractivity contribution in [3.63, 3.8) is 0 Å². The minimum Gasteiger partial charge on any atom is -0.464 e. The van der Waals surface area contributed by atoms with Gasteiger partial charge < -0.3 is 9.73 Å². The van der Waals surface area contributed by atoms with Crippen LogP contribution in [0.15, 0.2) is 47.2 Å². The van der Waals surface area contributed by atoms with Gasteiger partial charge in [-0.1, -0.05) is 31.4 Å². The molecule has 2 aromatic heterocycles. The second-order valence-electron chi connectivity index (χ2n) is 6.84. The molecule has 0 atom stereocenters. The smallest absolute Gasteiger partial charge is 0.251 e. The highest BCUT2D eigenvalue weighted by Gasteiger charge is 2.17. The molecule has 0 bridgehead atoms. The SMILES string of the molecule is Cc1cnc(-c2ccc(C(=O)NC3CCCCC3)cc2)c2ccoc12. The molecule has 1 saturated carbocycles. The van der Waals surface area contributed by atoms with Crippen molar-refractivity contribution >= 4 is 16.9 Å². The number of hydrogen-bond donors (Lipinski definition) is 1. The maximum atomic E-state index is 12.4. The molecule has 0 unspecified atom stereocenters. The van der Waals surface area contributed by atoms with E-state index in [1.807, 2.05) is 43.5 Å². The number of benzene rings is 1. The molecule has 3 aromatic rings. The van der Waals surface area contributed by atoms with Crippen molar-refractivity contribution in [1.82, 2.24) is 10.3 Å². The van der Waals surface area contributed by atoms with E-state index in [4.69, 9.17) is 4.42 Å². The van der Waals surface area contributed by atoms with Gasteiger partial charge in [0.15, 0.2) is 0 Å². The molecule has 4 heteroatoms. The molecule has 0 saturated heterocycles. The zero-order valence-electron chi connectivity index (χ0n) is 14.4. The normalized spacial score (nSPS) is 15.4. The van der Waals surface area contributed by atoms with E-state index in [2.05, 4.69) is 10.3 Å². The first-order valence-corrected chi connectivity index (χ1v) is 8.96. The summed E-state index contributed by atoms with van der Waals surface area (Å²) in [5.74, 6) is 0.0174. The molecule has 1 aromatic carbocycles. The monoisotopic (exact) mass is 334 g/mol. The van der Waals surface area contributed by atoms with Crippen LogP contribution in [-0.2, 0) is 0 Å². The highest BCUT2D eigenvalue weighted by atomic mass is 16.3. The van der Waals surface area contributed by atoms with Crippen molar-refractivity contribution in [3.8, 4) is 11.3 Å². The zero-order valence-corrected chi connectivity index (χ0v) is 14.4. The van der Waals surface area contributed by atoms with Gasteiger partial charge in [-0.2, -0.15) is 0 Å². The number of rotatable bonds is 3. The van der Waals surface area contributed by atoms with E-state index in [1.54, 1.807) is 6.26 Å². The molecular weight excluding hydrogens is 312 g/mol. The molecule has 1 aliphatic rings. The van der Waals surface area contributed by atoms with Crippen LogP contribution >= 0.6 is 0 Å². The number of carbonyl (C=O) groups excluding carboxylic acids is 1. The summed E-state index contributed by atoms with van der Waals surface area (Å²) in [5, 5.41) is 4.16. The number of aromatic nitrogens is 1. The molecule has 2 heterocycles. The lowest BCUT2D eigenvalue weighted by atomic mass is 9.95. The first-order chi connectivity index (χ1) is 12.2. The number of carbonyl (C=O) groups is 1. The number of furan rings is 1. The summed E-state index contributed by atoms with van der Waals surface area (Å²) in [6.07, 6.45) is 9.41. The third kappa shape index (κ3) is 3.16. The van der Waals surface area contributed by atoms with Crippen LogP contribution in [0.3, 0.4) is 0 Å². The predicted molar refractivity (Wildman–Crippen MR) is 98.5 cm³/mol. The van der Waals surface area contributed by atoms with Gasteiger partial charge in [0.05, 0.1) is 12.0 Å². The van der Waals surface area contributed by atoms with Gasteiger partial charge in [0.1, 0.15) is 5.58 Å². The Balaban J connectivity index is 1.56. The average molecular weight is 334 g/mol. The summed E-state index contributed by atoms with van der Waals surface area (Å²) < 4.78 is 5.55. The van der Waals surface area contributed by atoms with Gasteiger partial charge in [-0.25, -0.2) is 0 Å². The summed E-state index contributed by atoms with van der Waals surface area (Å²) in [5.41, 5.74) is 4.45. The van der Waals surface area contributed by atoms with Crippen molar-refractivity contribution in [2.24, 2.45) is 0 Å². The Labute approximate surface area is 147 Å². The van der Waals surface area contributed by atoms with E-state index in [9.17, 15) is 4.79 Å². The summed E-state index contributed by atoms with van der Waals surface area (Å²) in [6.45, 7) is 1.99. The van der Waals surface area contributed by atoms with E-state index in [0.29, 0.717) is 11.6 Å². The Morgan fingerprint density at radius 2 is 1.88 bits per heavy atom. The van der Waals surface area contributed by atoms with Gasteiger partial charge in [-0.15, -0.1) is 0 Å². The van der Waals surface area contributed by atoms with Gasteiger partial charge in [-0.05, 0) is 38.0 Å². The van der Waals surface area contributed by atoms with E-state index < -0.39 is 0 Å². The molecule has 1 N–H and O–H groups in total. The van der Waals surface area contributed by atoms with Crippen molar-refractivity contribution < 1.29 is 9.21 Å². The van der Waals surface area contributed by atoms with Crippen LogP contribution in [0.5, 0.6) is 0 Å². The van der Waals surface area contributed by atoms with E-state index in [-0.39, 0.29) is 5.91 Å². The van der Waals surface area contributed by atoms with Gasteiger partial charge >= 0.3 is 0 Å². The molecule has 1 aliphatic carbocycles. The summed E-state index contributed by atoms with van der Waals surface area (Å²) >= 11 is 0. The minimum atomic E-state index is 0.0174. The third-order valence-corrected chi connectivity index (χ3v) is 5.03. The Hall–Kier alpha value is -2.62. The molecule has 4 nitrogen and oxygen atoms in total. The summed E-state index contributed by atoms with van der Waals surface area (Å²) in [6, 6.07) is 9.93. The first-order valence-electron chi connectivity index (χ1n) is 8.96. The molecule has 25 heavy (non-hydrogen) atoms. The fourth-order valence-electron chi connectivity index (χ4n) is 3.62. The van der Waals surface area contributed by atoms with E-state index in [1.165, 1.54) is 19.3 Å². The maximum absolute atomic E-state index is 12.4. The molecule has 0 aliphatic heterocycles. The van der Waals surface area contributed by atoms with Crippen molar-refractivity contribution in [2.45, 2.75) is 45.1 Å². The Morgan fingerprint density at radius 3 is 2.64 bits per heavy atom. The number of nitrogens with zero attached hydrogens (tertiary/aromatic N) is 1. The molecule has 1 amide bonds. The average Bonchev–Trinajstić information content (AvgIpc) is 3.14. The minimum absolute atomic E-state index is 0.0174. The lowest BCUT2D eigenvalue weighted by Crippen LogP contribution is -2.36. The number of amides is 1. The Kier molecular flexibility index (Phi) is 4.26.